The zero-order valence-corrected chi connectivity index (χ0v) is 13.5. The van der Waals surface area contributed by atoms with Crippen LogP contribution in [0.1, 0.15) is 32.3 Å². The third kappa shape index (κ3) is 4.77. The van der Waals surface area contributed by atoms with E-state index in [1.54, 1.807) is 12.1 Å². The summed E-state index contributed by atoms with van der Waals surface area (Å²) in [5.41, 5.74) is 2.90. The molecule has 21 heavy (non-hydrogen) atoms. The van der Waals surface area contributed by atoms with Gasteiger partial charge in [0.25, 0.3) is 0 Å². The molecule has 0 amide bonds. The van der Waals surface area contributed by atoms with E-state index in [0.29, 0.717) is 16.6 Å². The number of piperidine rings is 1. The second kappa shape index (κ2) is 7.49. The van der Waals surface area contributed by atoms with Gasteiger partial charge in [-0.15, -0.1) is 0 Å². The summed E-state index contributed by atoms with van der Waals surface area (Å²) in [6.45, 7) is 7.54. The lowest BCUT2D eigenvalue weighted by Gasteiger charge is -2.32. The van der Waals surface area contributed by atoms with Crippen LogP contribution in [0.5, 0.6) is 0 Å². The molecule has 1 aromatic carbocycles. The molecule has 1 aliphatic heterocycles. The van der Waals surface area contributed by atoms with Crippen LogP contribution in [0, 0.1) is 11.3 Å². The maximum Gasteiger partial charge on any atom is 0.0992 e. The number of hydrogen-bond donors (Lipinski definition) is 1. The molecule has 4 heteroatoms. The highest BCUT2D eigenvalue weighted by molar-refractivity contribution is 6.33. The first kappa shape index (κ1) is 15.9. The van der Waals surface area contributed by atoms with Gasteiger partial charge in [0.2, 0.25) is 0 Å². The molecule has 1 N–H and O–H groups in total. The van der Waals surface area contributed by atoms with Crippen LogP contribution in [0.15, 0.2) is 29.8 Å². The molecule has 0 bridgehead atoms. The SMILES string of the molecule is CC(C)=CCN1CCC(Nc2ccc(C#N)cc2Cl)CC1. The van der Waals surface area contributed by atoms with Gasteiger partial charge in [-0.3, -0.25) is 4.90 Å². The minimum atomic E-state index is 0.457. The van der Waals surface area contributed by atoms with Crippen LogP contribution in [0.2, 0.25) is 5.02 Å². The number of halogens is 1. The second-order valence-electron chi connectivity index (χ2n) is 5.81. The number of allylic oxidation sites excluding steroid dienone is 1. The first-order chi connectivity index (χ1) is 10.1. The summed E-state index contributed by atoms with van der Waals surface area (Å²) in [4.78, 5) is 2.48. The van der Waals surface area contributed by atoms with E-state index in [4.69, 9.17) is 16.9 Å². The lowest BCUT2D eigenvalue weighted by atomic mass is 10.0. The number of benzene rings is 1. The van der Waals surface area contributed by atoms with Crippen LogP contribution < -0.4 is 5.32 Å². The number of anilines is 1. The first-order valence-corrected chi connectivity index (χ1v) is 7.78. The largest absolute Gasteiger partial charge is 0.381 e. The van der Waals surface area contributed by atoms with Crippen LogP contribution >= 0.6 is 11.6 Å². The van der Waals surface area contributed by atoms with Crippen molar-refractivity contribution in [3.05, 3.63) is 40.4 Å². The molecule has 2 rings (SSSR count). The minimum absolute atomic E-state index is 0.457. The van der Waals surface area contributed by atoms with Crippen molar-refractivity contribution in [1.29, 1.82) is 5.26 Å². The van der Waals surface area contributed by atoms with Gasteiger partial charge >= 0.3 is 0 Å². The molecule has 1 heterocycles. The van der Waals surface area contributed by atoms with E-state index in [0.717, 1.165) is 38.2 Å². The van der Waals surface area contributed by atoms with Gasteiger partial charge in [-0.1, -0.05) is 23.3 Å². The zero-order valence-electron chi connectivity index (χ0n) is 12.7. The number of nitriles is 1. The molecule has 1 aromatic rings. The van der Waals surface area contributed by atoms with Gasteiger partial charge in [0.1, 0.15) is 0 Å². The Bertz CT molecular complexity index is 548. The molecule has 0 aromatic heterocycles. The summed E-state index contributed by atoms with van der Waals surface area (Å²) in [5, 5.41) is 13.0. The predicted octanol–water partition coefficient (Wildman–Crippen LogP) is 4.05. The van der Waals surface area contributed by atoms with Crippen LogP contribution in [-0.2, 0) is 0 Å². The zero-order chi connectivity index (χ0) is 15.2. The van der Waals surface area contributed by atoms with Crippen molar-refractivity contribution >= 4 is 17.3 Å². The number of rotatable bonds is 4. The van der Waals surface area contributed by atoms with Crippen molar-refractivity contribution in [2.75, 3.05) is 25.0 Å². The Morgan fingerprint density at radius 3 is 2.71 bits per heavy atom. The van der Waals surface area contributed by atoms with Gasteiger partial charge in [-0.25, -0.2) is 0 Å². The normalized spacial score (nSPS) is 16.3. The lowest BCUT2D eigenvalue weighted by Crippen LogP contribution is -2.39. The minimum Gasteiger partial charge on any atom is -0.381 e. The summed E-state index contributed by atoms with van der Waals surface area (Å²) in [5.74, 6) is 0. The average Bonchev–Trinajstić information content (AvgIpc) is 2.48. The van der Waals surface area contributed by atoms with Crippen LogP contribution in [0.3, 0.4) is 0 Å². The molecule has 0 unspecified atom stereocenters. The fourth-order valence-corrected chi connectivity index (χ4v) is 2.73. The molecule has 0 aliphatic carbocycles. The maximum absolute atomic E-state index is 8.85. The molecule has 3 nitrogen and oxygen atoms in total. The van der Waals surface area contributed by atoms with Gasteiger partial charge in [-0.2, -0.15) is 5.26 Å². The van der Waals surface area contributed by atoms with E-state index in [1.165, 1.54) is 5.57 Å². The quantitative estimate of drug-likeness (QED) is 0.853. The highest BCUT2D eigenvalue weighted by atomic mass is 35.5. The molecule has 1 aliphatic rings. The Kier molecular flexibility index (Phi) is 5.67. The van der Waals surface area contributed by atoms with Gasteiger partial charge < -0.3 is 5.32 Å². The van der Waals surface area contributed by atoms with Crippen LogP contribution in [-0.4, -0.2) is 30.6 Å². The monoisotopic (exact) mass is 303 g/mol. The van der Waals surface area contributed by atoms with Crippen LogP contribution in [0.25, 0.3) is 0 Å². The molecule has 112 valence electrons. The van der Waals surface area contributed by atoms with Crippen molar-refractivity contribution in [3.8, 4) is 6.07 Å². The van der Waals surface area contributed by atoms with Crippen molar-refractivity contribution in [1.82, 2.24) is 4.90 Å². The van der Waals surface area contributed by atoms with Crippen molar-refractivity contribution < 1.29 is 0 Å². The van der Waals surface area contributed by atoms with Crippen molar-refractivity contribution in [2.45, 2.75) is 32.7 Å². The summed E-state index contributed by atoms with van der Waals surface area (Å²) < 4.78 is 0. The van der Waals surface area contributed by atoms with E-state index in [1.807, 2.05) is 6.07 Å². The number of hydrogen-bond acceptors (Lipinski definition) is 3. The predicted molar refractivity (Wildman–Crippen MR) is 88.7 cm³/mol. The van der Waals surface area contributed by atoms with Crippen molar-refractivity contribution in [2.24, 2.45) is 0 Å². The molecule has 0 atom stereocenters. The topological polar surface area (TPSA) is 39.1 Å². The fraction of sp³-hybridized carbons (Fsp3) is 0.471. The highest BCUT2D eigenvalue weighted by Gasteiger charge is 2.18. The standard InChI is InChI=1S/C17H22ClN3/c1-13(2)5-8-21-9-6-15(7-10-21)20-17-4-3-14(12-19)11-16(17)18/h3-5,11,15,20H,6-10H2,1-2H3. The smallest absolute Gasteiger partial charge is 0.0992 e. The van der Waals surface area contributed by atoms with Gasteiger partial charge in [0, 0.05) is 25.7 Å². The maximum atomic E-state index is 8.85. The Labute approximate surface area is 132 Å². The van der Waals surface area contributed by atoms with E-state index in [-0.39, 0.29) is 0 Å². The molecule has 0 spiro atoms. The molecular weight excluding hydrogens is 282 g/mol. The summed E-state index contributed by atoms with van der Waals surface area (Å²) in [6, 6.07) is 7.98. The van der Waals surface area contributed by atoms with E-state index < -0.39 is 0 Å². The average molecular weight is 304 g/mol. The number of nitrogens with zero attached hydrogens (tertiary/aromatic N) is 2. The summed E-state index contributed by atoms with van der Waals surface area (Å²) in [6.07, 6.45) is 4.52. The number of nitrogens with one attached hydrogen (secondary N) is 1. The van der Waals surface area contributed by atoms with Gasteiger partial charge in [0.15, 0.2) is 0 Å². The van der Waals surface area contributed by atoms with Crippen molar-refractivity contribution in [3.63, 3.8) is 0 Å². The van der Waals surface area contributed by atoms with Gasteiger partial charge in [0.05, 0.1) is 22.3 Å². The van der Waals surface area contributed by atoms with Gasteiger partial charge in [-0.05, 0) is 44.9 Å². The third-order valence-corrected chi connectivity index (χ3v) is 4.12. The Morgan fingerprint density at radius 1 is 1.43 bits per heavy atom. The Hall–Kier alpha value is -1.50. The second-order valence-corrected chi connectivity index (χ2v) is 6.21. The molecule has 1 saturated heterocycles. The molecule has 1 fully saturated rings. The lowest BCUT2D eigenvalue weighted by molar-refractivity contribution is 0.240. The summed E-state index contributed by atoms with van der Waals surface area (Å²) >= 11 is 6.21. The van der Waals surface area contributed by atoms with E-state index in [9.17, 15) is 0 Å². The van der Waals surface area contributed by atoms with E-state index >= 15 is 0 Å². The molecule has 0 saturated carbocycles. The third-order valence-electron chi connectivity index (χ3n) is 3.80. The summed E-state index contributed by atoms with van der Waals surface area (Å²) in [7, 11) is 0. The number of likely N-dealkylation sites (tertiary alicyclic amines) is 1. The first-order valence-electron chi connectivity index (χ1n) is 7.40. The molecular formula is C17H22ClN3. The van der Waals surface area contributed by atoms with E-state index in [2.05, 4.69) is 36.2 Å². The molecule has 0 radical (unpaired) electrons. The Balaban J connectivity index is 1.86. The fourth-order valence-electron chi connectivity index (χ4n) is 2.49. The highest BCUT2D eigenvalue weighted by Crippen LogP contribution is 2.25. The van der Waals surface area contributed by atoms with Crippen LogP contribution in [0.4, 0.5) is 5.69 Å². The Morgan fingerprint density at radius 2 is 2.14 bits per heavy atom.